The van der Waals surface area contributed by atoms with Crippen molar-refractivity contribution in [3.8, 4) is 5.75 Å². The van der Waals surface area contributed by atoms with Crippen LogP contribution in [0.1, 0.15) is 63.5 Å². The highest BCUT2D eigenvalue weighted by atomic mass is 16.5. The molecule has 1 fully saturated rings. The fourth-order valence-electron chi connectivity index (χ4n) is 3.04. The quantitative estimate of drug-likeness (QED) is 0.821. The van der Waals surface area contributed by atoms with Crippen LogP contribution >= 0.6 is 0 Å². The van der Waals surface area contributed by atoms with Crippen molar-refractivity contribution in [3.63, 3.8) is 0 Å². The van der Waals surface area contributed by atoms with Gasteiger partial charge < -0.3 is 10.5 Å². The van der Waals surface area contributed by atoms with Gasteiger partial charge in [0.1, 0.15) is 5.75 Å². The van der Waals surface area contributed by atoms with E-state index >= 15 is 0 Å². The Balaban J connectivity index is 1.79. The maximum atomic E-state index is 6.30. The summed E-state index contributed by atoms with van der Waals surface area (Å²) in [6.45, 7) is 2.72. The second-order valence-electron chi connectivity index (χ2n) is 5.69. The molecule has 0 saturated heterocycles. The largest absolute Gasteiger partial charge is 0.494 e. The Bertz CT molecular complexity index is 354. The summed E-state index contributed by atoms with van der Waals surface area (Å²) < 4.78 is 5.45. The Labute approximate surface area is 117 Å². The van der Waals surface area contributed by atoms with Gasteiger partial charge in [0.2, 0.25) is 0 Å². The first-order valence-electron chi connectivity index (χ1n) is 7.78. The molecule has 0 aliphatic heterocycles. The van der Waals surface area contributed by atoms with E-state index in [2.05, 4.69) is 12.1 Å². The summed E-state index contributed by atoms with van der Waals surface area (Å²) in [5.41, 5.74) is 7.53. The minimum absolute atomic E-state index is 0.178. The second-order valence-corrected chi connectivity index (χ2v) is 5.69. The Morgan fingerprint density at radius 3 is 2.47 bits per heavy atom. The Kier molecular flexibility index (Phi) is 5.71. The second kappa shape index (κ2) is 7.54. The molecule has 1 unspecified atom stereocenters. The summed E-state index contributed by atoms with van der Waals surface area (Å²) in [7, 11) is 0. The standard InChI is InChI=1S/C17H27NO/c1-2-19-16-11-9-15(10-12-16)17(18)13-8-14-6-4-3-5-7-14/h9-12,14,17H,2-8,13,18H2,1H3. The first kappa shape index (κ1) is 14.4. The minimum Gasteiger partial charge on any atom is -0.494 e. The Morgan fingerprint density at radius 2 is 1.84 bits per heavy atom. The Hall–Kier alpha value is -1.02. The molecule has 2 rings (SSSR count). The molecule has 0 radical (unpaired) electrons. The molecule has 0 heterocycles. The number of rotatable bonds is 6. The van der Waals surface area contributed by atoms with E-state index in [0.29, 0.717) is 6.61 Å². The van der Waals surface area contributed by atoms with Crippen LogP contribution in [-0.2, 0) is 0 Å². The monoisotopic (exact) mass is 261 g/mol. The zero-order chi connectivity index (χ0) is 13.5. The van der Waals surface area contributed by atoms with Gasteiger partial charge in [0.15, 0.2) is 0 Å². The van der Waals surface area contributed by atoms with Crippen LogP contribution < -0.4 is 10.5 Å². The van der Waals surface area contributed by atoms with Crippen molar-refractivity contribution in [1.82, 2.24) is 0 Å². The third kappa shape index (κ3) is 4.54. The molecule has 1 atom stereocenters. The number of hydrogen-bond donors (Lipinski definition) is 1. The molecule has 106 valence electrons. The van der Waals surface area contributed by atoms with Crippen molar-refractivity contribution in [2.75, 3.05) is 6.61 Å². The molecule has 2 heteroatoms. The predicted octanol–water partition coefficient (Wildman–Crippen LogP) is 4.45. The number of ether oxygens (including phenoxy) is 1. The van der Waals surface area contributed by atoms with E-state index in [0.717, 1.165) is 18.1 Å². The fraction of sp³-hybridized carbons (Fsp3) is 0.647. The van der Waals surface area contributed by atoms with Crippen molar-refractivity contribution < 1.29 is 4.74 Å². The van der Waals surface area contributed by atoms with E-state index in [1.165, 1.54) is 44.1 Å². The van der Waals surface area contributed by atoms with E-state index in [1.54, 1.807) is 0 Å². The normalized spacial score (nSPS) is 18.2. The van der Waals surface area contributed by atoms with Gasteiger partial charge in [-0.05, 0) is 43.4 Å². The molecule has 0 amide bonds. The molecular weight excluding hydrogens is 234 g/mol. The molecule has 2 N–H and O–H groups in total. The molecule has 0 bridgehead atoms. The van der Waals surface area contributed by atoms with E-state index in [4.69, 9.17) is 10.5 Å². The van der Waals surface area contributed by atoms with Crippen LogP contribution in [0, 0.1) is 5.92 Å². The van der Waals surface area contributed by atoms with Crippen LogP contribution in [0.3, 0.4) is 0 Å². The summed E-state index contributed by atoms with van der Waals surface area (Å²) in [5.74, 6) is 1.85. The molecule has 19 heavy (non-hydrogen) atoms. The molecule has 0 aromatic heterocycles. The average molecular weight is 261 g/mol. The zero-order valence-corrected chi connectivity index (χ0v) is 12.1. The first-order chi connectivity index (χ1) is 9.29. The third-order valence-corrected chi connectivity index (χ3v) is 4.23. The van der Waals surface area contributed by atoms with E-state index in [1.807, 2.05) is 19.1 Å². The molecule has 2 nitrogen and oxygen atoms in total. The summed E-state index contributed by atoms with van der Waals surface area (Å²) in [6, 6.07) is 8.45. The maximum Gasteiger partial charge on any atom is 0.119 e. The summed E-state index contributed by atoms with van der Waals surface area (Å²) >= 11 is 0. The highest BCUT2D eigenvalue weighted by molar-refractivity contribution is 5.28. The van der Waals surface area contributed by atoms with Crippen LogP contribution in [0.4, 0.5) is 0 Å². The van der Waals surface area contributed by atoms with Crippen LogP contribution in [0.5, 0.6) is 5.75 Å². The van der Waals surface area contributed by atoms with Gasteiger partial charge in [-0.3, -0.25) is 0 Å². The molecule has 1 aliphatic carbocycles. The molecule has 1 saturated carbocycles. The van der Waals surface area contributed by atoms with Crippen LogP contribution in [0.2, 0.25) is 0 Å². The van der Waals surface area contributed by atoms with Gasteiger partial charge in [-0.1, -0.05) is 44.2 Å². The molecule has 1 aromatic rings. The third-order valence-electron chi connectivity index (χ3n) is 4.23. The van der Waals surface area contributed by atoms with Gasteiger partial charge in [0.25, 0.3) is 0 Å². The van der Waals surface area contributed by atoms with E-state index in [9.17, 15) is 0 Å². The molecule has 1 aromatic carbocycles. The zero-order valence-electron chi connectivity index (χ0n) is 12.1. The number of benzene rings is 1. The van der Waals surface area contributed by atoms with Gasteiger partial charge in [0.05, 0.1) is 6.61 Å². The lowest BCUT2D eigenvalue weighted by molar-refractivity contribution is 0.323. The van der Waals surface area contributed by atoms with Crippen LogP contribution in [0.15, 0.2) is 24.3 Å². The average Bonchev–Trinajstić information content (AvgIpc) is 2.47. The Morgan fingerprint density at radius 1 is 1.16 bits per heavy atom. The predicted molar refractivity (Wildman–Crippen MR) is 80.3 cm³/mol. The van der Waals surface area contributed by atoms with Crippen molar-refractivity contribution in [2.45, 2.75) is 57.9 Å². The maximum absolute atomic E-state index is 6.30. The van der Waals surface area contributed by atoms with Crippen LogP contribution in [0.25, 0.3) is 0 Å². The lowest BCUT2D eigenvalue weighted by Gasteiger charge is -2.23. The van der Waals surface area contributed by atoms with E-state index < -0.39 is 0 Å². The lowest BCUT2D eigenvalue weighted by atomic mass is 9.84. The van der Waals surface area contributed by atoms with Gasteiger partial charge in [-0.2, -0.15) is 0 Å². The highest BCUT2D eigenvalue weighted by Crippen LogP contribution is 2.30. The number of nitrogens with two attached hydrogens (primary N) is 1. The highest BCUT2D eigenvalue weighted by Gasteiger charge is 2.15. The van der Waals surface area contributed by atoms with E-state index in [-0.39, 0.29) is 6.04 Å². The molecular formula is C17H27NO. The van der Waals surface area contributed by atoms with Crippen molar-refractivity contribution in [2.24, 2.45) is 11.7 Å². The van der Waals surface area contributed by atoms with Gasteiger partial charge >= 0.3 is 0 Å². The summed E-state index contributed by atoms with van der Waals surface area (Å²) in [4.78, 5) is 0. The van der Waals surface area contributed by atoms with Crippen molar-refractivity contribution in [1.29, 1.82) is 0 Å². The van der Waals surface area contributed by atoms with Crippen molar-refractivity contribution >= 4 is 0 Å². The SMILES string of the molecule is CCOc1ccc(C(N)CCC2CCCCC2)cc1. The van der Waals surface area contributed by atoms with Gasteiger partial charge in [-0.15, -0.1) is 0 Å². The molecule has 0 spiro atoms. The summed E-state index contributed by atoms with van der Waals surface area (Å²) in [5, 5.41) is 0. The van der Waals surface area contributed by atoms with Crippen molar-refractivity contribution in [3.05, 3.63) is 29.8 Å². The topological polar surface area (TPSA) is 35.2 Å². The van der Waals surface area contributed by atoms with Crippen LogP contribution in [-0.4, -0.2) is 6.61 Å². The number of hydrogen-bond acceptors (Lipinski definition) is 2. The molecule has 1 aliphatic rings. The lowest BCUT2D eigenvalue weighted by Crippen LogP contribution is -2.14. The van der Waals surface area contributed by atoms with Gasteiger partial charge in [0, 0.05) is 6.04 Å². The summed E-state index contributed by atoms with van der Waals surface area (Å²) in [6.07, 6.45) is 9.49. The minimum atomic E-state index is 0.178. The first-order valence-corrected chi connectivity index (χ1v) is 7.78. The van der Waals surface area contributed by atoms with Gasteiger partial charge in [-0.25, -0.2) is 0 Å². The fourth-order valence-corrected chi connectivity index (χ4v) is 3.04. The smallest absolute Gasteiger partial charge is 0.119 e.